The van der Waals surface area contributed by atoms with Crippen LogP contribution < -0.4 is 4.74 Å². The van der Waals surface area contributed by atoms with E-state index < -0.39 is 0 Å². The Kier molecular flexibility index (Phi) is 6.14. The van der Waals surface area contributed by atoms with Gasteiger partial charge in [-0.1, -0.05) is 31.6 Å². The highest BCUT2D eigenvalue weighted by atomic mass is 16.5. The van der Waals surface area contributed by atoms with Crippen LogP contribution >= 0.6 is 0 Å². The number of aryl methyl sites for hydroxylation is 1. The van der Waals surface area contributed by atoms with Gasteiger partial charge in [0.05, 0.1) is 12.7 Å². The van der Waals surface area contributed by atoms with Crippen molar-refractivity contribution in [2.75, 3.05) is 6.61 Å². The van der Waals surface area contributed by atoms with Crippen molar-refractivity contribution in [3.05, 3.63) is 29.3 Å². The van der Waals surface area contributed by atoms with Gasteiger partial charge in [-0.25, -0.2) is 0 Å². The summed E-state index contributed by atoms with van der Waals surface area (Å²) in [4.78, 5) is 0. The Morgan fingerprint density at radius 1 is 1.33 bits per heavy atom. The van der Waals surface area contributed by atoms with E-state index in [0.29, 0.717) is 12.5 Å². The second-order valence-corrected chi connectivity index (χ2v) is 5.93. The third-order valence-electron chi connectivity index (χ3n) is 4.27. The smallest absolute Gasteiger partial charge is 0.120 e. The molecule has 21 heavy (non-hydrogen) atoms. The molecule has 1 aliphatic carbocycles. The zero-order valence-electron chi connectivity index (χ0n) is 13.2. The van der Waals surface area contributed by atoms with Gasteiger partial charge in [-0.05, 0) is 55.9 Å². The number of hydrogen-bond acceptors (Lipinski definition) is 2. The lowest BCUT2D eigenvalue weighted by atomic mass is 9.85. The van der Waals surface area contributed by atoms with E-state index >= 15 is 0 Å². The average molecular weight is 286 g/mol. The summed E-state index contributed by atoms with van der Waals surface area (Å²) in [6.45, 7) is 4.45. The summed E-state index contributed by atoms with van der Waals surface area (Å²) in [6, 6.07) is 6.12. The Morgan fingerprint density at radius 2 is 2.19 bits per heavy atom. The van der Waals surface area contributed by atoms with Crippen molar-refractivity contribution in [1.82, 2.24) is 0 Å². The van der Waals surface area contributed by atoms with Gasteiger partial charge in [0.15, 0.2) is 0 Å². The Bertz CT molecular complexity index is 510. The number of ether oxygens (including phenoxy) is 1. The summed E-state index contributed by atoms with van der Waals surface area (Å²) >= 11 is 0. The largest absolute Gasteiger partial charge is 0.490 e. The molecule has 114 valence electrons. The zero-order chi connectivity index (χ0) is 15.1. The number of aliphatic hydroxyl groups excluding tert-OH is 1. The van der Waals surface area contributed by atoms with Crippen LogP contribution in [-0.2, 0) is 0 Å². The van der Waals surface area contributed by atoms with Gasteiger partial charge in [0.1, 0.15) is 5.75 Å². The molecule has 2 rings (SSSR count). The minimum Gasteiger partial charge on any atom is -0.490 e. The van der Waals surface area contributed by atoms with Crippen LogP contribution in [0.5, 0.6) is 5.75 Å². The van der Waals surface area contributed by atoms with E-state index in [9.17, 15) is 0 Å². The van der Waals surface area contributed by atoms with Crippen molar-refractivity contribution in [1.29, 1.82) is 0 Å². The second kappa shape index (κ2) is 8.10. The van der Waals surface area contributed by atoms with E-state index in [2.05, 4.69) is 31.8 Å². The first-order valence-electron chi connectivity index (χ1n) is 8.10. The number of rotatable bonds is 4. The first kappa shape index (κ1) is 15.9. The normalized spacial score (nSPS) is 21.5. The molecule has 1 fully saturated rings. The van der Waals surface area contributed by atoms with Crippen LogP contribution in [0.3, 0.4) is 0 Å². The standard InChI is InChI=1S/C19H26O2/c1-3-16-7-6-9-18(14-16)21-19-11-10-17(15(2)13-19)8-4-5-12-20/h10-11,13,16,18,20H,3,5-7,9,12,14H2,1-2H3. The Balaban J connectivity index is 1.98. The molecule has 1 saturated carbocycles. The topological polar surface area (TPSA) is 29.5 Å². The van der Waals surface area contributed by atoms with E-state index in [1.165, 1.54) is 32.1 Å². The summed E-state index contributed by atoms with van der Waals surface area (Å²) in [5, 5.41) is 8.76. The molecule has 2 heteroatoms. The van der Waals surface area contributed by atoms with Crippen molar-refractivity contribution >= 4 is 0 Å². The van der Waals surface area contributed by atoms with Crippen molar-refractivity contribution < 1.29 is 9.84 Å². The van der Waals surface area contributed by atoms with Gasteiger partial charge in [-0.15, -0.1) is 0 Å². The van der Waals surface area contributed by atoms with Crippen LogP contribution in [0.4, 0.5) is 0 Å². The van der Waals surface area contributed by atoms with Crippen LogP contribution in [-0.4, -0.2) is 17.8 Å². The van der Waals surface area contributed by atoms with E-state index in [1.807, 2.05) is 12.1 Å². The van der Waals surface area contributed by atoms with Gasteiger partial charge in [0.25, 0.3) is 0 Å². The highest BCUT2D eigenvalue weighted by molar-refractivity contribution is 5.44. The average Bonchev–Trinajstić information content (AvgIpc) is 2.50. The summed E-state index contributed by atoms with van der Waals surface area (Å²) < 4.78 is 6.16. The Morgan fingerprint density at radius 3 is 2.90 bits per heavy atom. The first-order valence-corrected chi connectivity index (χ1v) is 8.10. The van der Waals surface area contributed by atoms with Crippen LogP contribution in [0, 0.1) is 24.7 Å². The molecule has 1 aromatic carbocycles. The predicted molar refractivity (Wildman–Crippen MR) is 86.4 cm³/mol. The molecule has 1 N–H and O–H groups in total. The maximum atomic E-state index is 8.76. The van der Waals surface area contributed by atoms with Gasteiger partial charge in [-0.2, -0.15) is 0 Å². The highest BCUT2D eigenvalue weighted by Crippen LogP contribution is 2.30. The van der Waals surface area contributed by atoms with Crippen molar-refractivity contribution in [3.8, 4) is 17.6 Å². The summed E-state index contributed by atoms with van der Waals surface area (Å²) in [5.41, 5.74) is 2.16. The lowest BCUT2D eigenvalue weighted by Gasteiger charge is -2.29. The van der Waals surface area contributed by atoms with Crippen molar-refractivity contribution in [2.24, 2.45) is 5.92 Å². The van der Waals surface area contributed by atoms with Gasteiger partial charge in [0.2, 0.25) is 0 Å². The molecule has 0 saturated heterocycles. The van der Waals surface area contributed by atoms with Gasteiger partial charge in [0, 0.05) is 12.0 Å². The molecule has 0 spiro atoms. The molecular weight excluding hydrogens is 260 g/mol. The second-order valence-electron chi connectivity index (χ2n) is 5.93. The van der Waals surface area contributed by atoms with Crippen LogP contribution in [0.2, 0.25) is 0 Å². The van der Waals surface area contributed by atoms with Crippen LogP contribution in [0.1, 0.15) is 56.6 Å². The maximum absolute atomic E-state index is 8.76. The summed E-state index contributed by atoms with van der Waals surface area (Å²) in [7, 11) is 0. The lowest BCUT2D eigenvalue weighted by Crippen LogP contribution is -2.25. The molecular formula is C19H26O2. The minimum absolute atomic E-state index is 0.119. The van der Waals surface area contributed by atoms with Crippen LogP contribution in [0.15, 0.2) is 18.2 Å². The Hall–Kier alpha value is -1.46. The first-order chi connectivity index (χ1) is 10.2. The van der Waals surface area contributed by atoms with Crippen molar-refractivity contribution in [3.63, 3.8) is 0 Å². The van der Waals surface area contributed by atoms with Gasteiger partial charge in [-0.3, -0.25) is 0 Å². The summed E-state index contributed by atoms with van der Waals surface area (Å²) in [5.74, 6) is 7.85. The monoisotopic (exact) mass is 286 g/mol. The summed E-state index contributed by atoms with van der Waals surface area (Å²) in [6.07, 6.45) is 7.16. The molecule has 1 aliphatic rings. The van der Waals surface area contributed by atoms with Gasteiger partial charge >= 0.3 is 0 Å². The molecule has 0 radical (unpaired) electrons. The quantitative estimate of drug-likeness (QED) is 0.845. The van der Waals surface area contributed by atoms with Crippen LogP contribution in [0.25, 0.3) is 0 Å². The molecule has 0 heterocycles. The van der Waals surface area contributed by atoms with E-state index in [0.717, 1.165) is 22.8 Å². The predicted octanol–water partition coefficient (Wildman–Crippen LogP) is 4.08. The molecule has 0 aromatic heterocycles. The molecule has 0 amide bonds. The van der Waals surface area contributed by atoms with Gasteiger partial charge < -0.3 is 9.84 Å². The fourth-order valence-electron chi connectivity index (χ4n) is 2.98. The molecule has 2 atom stereocenters. The fraction of sp³-hybridized carbons (Fsp3) is 0.579. The molecule has 0 aliphatic heterocycles. The third kappa shape index (κ3) is 4.79. The molecule has 0 bridgehead atoms. The molecule has 2 unspecified atom stereocenters. The Labute approximate surface area is 128 Å². The third-order valence-corrected chi connectivity index (χ3v) is 4.27. The van der Waals surface area contributed by atoms with E-state index in [-0.39, 0.29) is 6.61 Å². The maximum Gasteiger partial charge on any atom is 0.120 e. The molecule has 2 nitrogen and oxygen atoms in total. The number of aliphatic hydroxyl groups is 1. The zero-order valence-corrected chi connectivity index (χ0v) is 13.2. The highest BCUT2D eigenvalue weighted by Gasteiger charge is 2.22. The minimum atomic E-state index is 0.119. The molecule has 1 aromatic rings. The van der Waals surface area contributed by atoms with Crippen molar-refractivity contribution in [2.45, 2.75) is 58.5 Å². The van der Waals surface area contributed by atoms with E-state index in [4.69, 9.17) is 9.84 Å². The lowest BCUT2D eigenvalue weighted by molar-refractivity contribution is 0.122. The fourth-order valence-corrected chi connectivity index (χ4v) is 2.98. The number of hydrogen-bond donors (Lipinski definition) is 1. The van der Waals surface area contributed by atoms with E-state index in [1.54, 1.807) is 0 Å². The number of benzene rings is 1. The SMILES string of the molecule is CCC1CCCC(Oc2ccc(C#CCCO)c(C)c2)C1.